The second-order valence-corrected chi connectivity index (χ2v) is 9.00. The highest BCUT2D eigenvalue weighted by molar-refractivity contribution is 9.10. The van der Waals surface area contributed by atoms with Crippen molar-refractivity contribution in [1.29, 1.82) is 0 Å². The minimum atomic E-state index is -0.903. The fourth-order valence-corrected chi connectivity index (χ4v) is 4.75. The van der Waals surface area contributed by atoms with Gasteiger partial charge in [0.1, 0.15) is 5.76 Å². The first-order valence-corrected chi connectivity index (χ1v) is 12.3. The van der Waals surface area contributed by atoms with Crippen LogP contribution in [0.1, 0.15) is 31.0 Å². The number of amides is 1. The molecule has 2 N–H and O–H groups in total. The number of phenolic OH excluding ortho intramolecular Hbond substituents is 1. The fraction of sp³-hybridized carbons (Fsp3) is 0.385. The number of aliphatic hydroxyl groups is 1. The molecule has 194 valence electrons. The van der Waals surface area contributed by atoms with Crippen LogP contribution in [0.3, 0.4) is 0 Å². The van der Waals surface area contributed by atoms with Crippen LogP contribution >= 0.6 is 15.9 Å². The molecule has 1 aliphatic rings. The van der Waals surface area contributed by atoms with Crippen molar-refractivity contribution in [2.75, 3.05) is 47.5 Å². The molecule has 1 saturated heterocycles. The number of phenols is 1. The summed E-state index contributed by atoms with van der Waals surface area (Å²) in [5, 5.41) is 21.7. The molecular weight excluding hydrogens is 532 g/mol. The van der Waals surface area contributed by atoms with Gasteiger partial charge in [0.2, 0.25) is 0 Å². The summed E-state index contributed by atoms with van der Waals surface area (Å²) in [6, 6.07) is 7.01. The van der Waals surface area contributed by atoms with Crippen molar-refractivity contribution >= 4 is 33.4 Å². The largest absolute Gasteiger partial charge is 0.507 e. The van der Waals surface area contributed by atoms with E-state index in [1.54, 1.807) is 30.3 Å². The zero-order valence-corrected chi connectivity index (χ0v) is 22.6. The smallest absolute Gasteiger partial charge is 0.295 e. The third-order valence-electron chi connectivity index (χ3n) is 6.33. The standard InChI is InChI=1S/C26H31BrN2O7/c1-6-28(7-2)10-11-29-22(16-12-17(27)24(31)20(14-16)36-5)21(25(32)26(29)33)23(30)15-8-9-18(34-3)19(13-15)35-4/h8-9,12-14,22,30-31H,6-7,10-11H2,1-5H3/t22-/m1/s1. The molecule has 0 radical (unpaired) electrons. The highest BCUT2D eigenvalue weighted by atomic mass is 79.9. The van der Waals surface area contributed by atoms with Crippen molar-refractivity contribution in [2.45, 2.75) is 19.9 Å². The van der Waals surface area contributed by atoms with E-state index in [0.717, 1.165) is 13.1 Å². The minimum Gasteiger partial charge on any atom is -0.507 e. The van der Waals surface area contributed by atoms with Crippen LogP contribution in [0.5, 0.6) is 23.0 Å². The zero-order valence-electron chi connectivity index (χ0n) is 21.0. The molecule has 10 heteroatoms. The molecule has 0 saturated carbocycles. The number of rotatable bonds is 10. The molecule has 2 aromatic carbocycles. The third-order valence-corrected chi connectivity index (χ3v) is 6.94. The van der Waals surface area contributed by atoms with E-state index in [2.05, 4.69) is 20.8 Å². The average molecular weight is 563 g/mol. The highest BCUT2D eigenvalue weighted by Crippen LogP contribution is 2.44. The van der Waals surface area contributed by atoms with Crippen LogP contribution in [-0.4, -0.2) is 79.2 Å². The number of nitrogens with zero attached hydrogens (tertiary/aromatic N) is 2. The van der Waals surface area contributed by atoms with Gasteiger partial charge in [0, 0.05) is 18.7 Å². The number of methoxy groups -OCH3 is 3. The van der Waals surface area contributed by atoms with Crippen molar-refractivity contribution in [2.24, 2.45) is 0 Å². The lowest BCUT2D eigenvalue weighted by Gasteiger charge is -2.28. The third kappa shape index (κ3) is 5.15. The lowest BCUT2D eigenvalue weighted by Crippen LogP contribution is -2.38. The van der Waals surface area contributed by atoms with Gasteiger partial charge in [-0.15, -0.1) is 0 Å². The Morgan fingerprint density at radius 2 is 1.64 bits per heavy atom. The van der Waals surface area contributed by atoms with Gasteiger partial charge in [-0.1, -0.05) is 13.8 Å². The summed E-state index contributed by atoms with van der Waals surface area (Å²) < 4.78 is 16.2. The predicted molar refractivity (Wildman–Crippen MR) is 139 cm³/mol. The van der Waals surface area contributed by atoms with Crippen LogP contribution in [0.4, 0.5) is 0 Å². The van der Waals surface area contributed by atoms with Crippen molar-refractivity contribution in [3.8, 4) is 23.0 Å². The summed E-state index contributed by atoms with van der Waals surface area (Å²) >= 11 is 3.32. The Morgan fingerprint density at radius 1 is 1.00 bits per heavy atom. The number of ketones is 1. The van der Waals surface area contributed by atoms with Crippen LogP contribution in [0, 0.1) is 0 Å². The van der Waals surface area contributed by atoms with Crippen LogP contribution in [-0.2, 0) is 9.59 Å². The topological polar surface area (TPSA) is 109 Å². The molecule has 0 spiro atoms. The highest BCUT2D eigenvalue weighted by Gasteiger charge is 2.46. The first-order valence-electron chi connectivity index (χ1n) is 11.5. The molecule has 1 aliphatic heterocycles. The Morgan fingerprint density at radius 3 is 2.22 bits per heavy atom. The van der Waals surface area contributed by atoms with Crippen molar-refractivity contribution in [3.63, 3.8) is 0 Å². The monoisotopic (exact) mass is 562 g/mol. The quantitative estimate of drug-likeness (QED) is 0.254. The number of carbonyl (C=O) groups excluding carboxylic acids is 2. The van der Waals surface area contributed by atoms with E-state index in [1.807, 2.05) is 13.8 Å². The summed E-state index contributed by atoms with van der Waals surface area (Å²) in [5.41, 5.74) is 0.730. The molecule has 0 aliphatic carbocycles. The molecule has 3 rings (SSSR count). The van der Waals surface area contributed by atoms with Gasteiger partial charge in [-0.2, -0.15) is 0 Å². The van der Waals surface area contributed by atoms with E-state index in [4.69, 9.17) is 14.2 Å². The molecule has 2 aromatic rings. The summed E-state index contributed by atoms with van der Waals surface area (Å²) in [7, 11) is 4.37. The molecule has 0 bridgehead atoms. The maximum atomic E-state index is 13.3. The van der Waals surface area contributed by atoms with E-state index in [-0.39, 0.29) is 29.4 Å². The molecule has 1 amide bonds. The normalized spacial score (nSPS) is 17.1. The van der Waals surface area contributed by atoms with Crippen LogP contribution < -0.4 is 14.2 Å². The molecule has 1 heterocycles. The zero-order chi connectivity index (χ0) is 26.6. The van der Waals surface area contributed by atoms with E-state index in [0.29, 0.717) is 33.6 Å². The number of hydrogen-bond acceptors (Lipinski definition) is 8. The molecule has 0 unspecified atom stereocenters. The number of hydrogen-bond donors (Lipinski definition) is 2. The summed E-state index contributed by atoms with van der Waals surface area (Å²) in [5.74, 6) is -0.971. The summed E-state index contributed by atoms with van der Waals surface area (Å²) in [4.78, 5) is 30.1. The number of aromatic hydroxyl groups is 1. The number of halogens is 1. The first-order chi connectivity index (χ1) is 17.2. The second-order valence-electron chi connectivity index (χ2n) is 8.14. The average Bonchev–Trinajstić information content (AvgIpc) is 3.14. The molecule has 1 atom stereocenters. The predicted octanol–water partition coefficient (Wildman–Crippen LogP) is 3.94. The van der Waals surface area contributed by atoms with E-state index >= 15 is 0 Å². The van der Waals surface area contributed by atoms with Gasteiger partial charge in [-0.25, -0.2) is 0 Å². The summed E-state index contributed by atoms with van der Waals surface area (Å²) in [6.45, 7) is 6.43. The number of carbonyl (C=O) groups is 2. The Kier molecular flexibility index (Phi) is 8.86. The van der Waals surface area contributed by atoms with Crippen molar-refractivity contribution in [1.82, 2.24) is 9.80 Å². The van der Waals surface area contributed by atoms with Gasteiger partial charge >= 0.3 is 0 Å². The molecule has 9 nitrogen and oxygen atoms in total. The van der Waals surface area contributed by atoms with Gasteiger partial charge < -0.3 is 34.2 Å². The van der Waals surface area contributed by atoms with Gasteiger partial charge in [-0.05, 0) is 64.9 Å². The SMILES string of the molecule is CCN(CC)CCN1C(=O)C(=O)C(=C(O)c2ccc(OC)c(OC)c2)[C@H]1c1cc(Br)c(O)c(OC)c1. The lowest BCUT2D eigenvalue weighted by atomic mass is 9.94. The van der Waals surface area contributed by atoms with Crippen LogP contribution in [0.25, 0.3) is 5.76 Å². The Hall–Kier alpha value is -3.24. The number of aliphatic hydroxyl groups excluding tert-OH is 1. The first kappa shape index (κ1) is 27.3. The molecule has 36 heavy (non-hydrogen) atoms. The van der Waals surface area contributed by atoms with E-state index in [9.17, 15) is 19.8 Å². The van der Waals surface area contributed by atoms with Crippen molar-refractivity contribution < 1.29 is 34.0 Å². The van der Waals surface area contributed by atoms with Gasteiger partial charge in [0.05, 0.1) is 37.4 Å². The fourth-order valence-electron chi connectivity index (χ4n) is 4.29. The number of ether oxygens (including phenoxy) is 3. The van der Waals surface area contributed by atoms with E-state index in [1.165, 1.54) is 26.2 Å². The Labute approximate surface area is 219 Å². The number of likely N-dealkylation sites (N-methyl/N-ethyl adjacent to an activating group) is 1. The van der Waals surface area contributed by atoms with E-state index < -0.39 is 17.7 Å². The number of benzene rings is 2. The lowest BCUT2D eigenvalue weighted by molar-refractivity contribution is -0.140. The molecule has 1 fully saturated rings. The van der Waals surface area contributed by atoms with Gasteiger partial charge in [0.15, 0.2) is 23.0 Å². The molecular formula is C26H31BrN2O7. The minimum absolute atomic E-state index is 0.0635. The second kappa shape index (κ2) is 11.7. The van der Waals surface area contributed by atoms with Gasteiger partial charge in [0.25, 0.3) is 11.7 Å². The molecule has 0 aromatic heterocycles. The van der Waals surface area contributed by atoms with Gasteiger partial charge in [-0.3, -0.25) is 9.59 Å². The van der Waals surface area contributed by atoms with Crippen LogP contribution in [0.15, 0.2) is 40.4 Å². The van der Waals surface area contributed by atoms with Crippen molar-refractivity contribution in [3.05, 3.63) is 51.5 Å². The Balaban J connectivity index is 2.21. The maximum absolute atomic E-state index is 13.3. The summed E-state index contributed by atoms with van der Waals surface area (Å²) in [6.07, 6.45) is 0. The number of likely N-dealkylation sites (tertiary alicyclic amines) is 1. The van der Waals surface area contributed by atoms with Crippen LogP contribution in [0.2, 0.25) is 0 Å². The number of Topliss-reactive ketones (excluding diaryl/α,β-unsaturated/α-hetero) is 1. The Bertz CT molecular complexity index is 1180. The maximum Gasteiger partial charge on any atom is 0.295 e.